The third-order valence-electron chi connectivity index (χ3n) is 3.91. The van der Waals surface area contributed by atoms with E-state index in [1.165, 1.54) is 17.1 Å². The van der Waals surface area contributed by atoms with Gasteiger partial charge in [-0.2, -0.15) is 4.37 Å². The Balaban J connectivity index is 2.09. The number of nitrogens with one attached hydrogen (secondary N) is 1. The van der Waals surface area contributed by atoms with Gasteiger partial charge in [-0.05, 0) is 37.5 Å². The summed E-state index contributed by atoms with van der Waals surface area (Å²) >= 11 is 1.34. The summed E-state index contributed by atoms with van der Waals surface area (Å²) in [4.78, 5) is 17.1. The average molecular weight is 306 g/mol. The molecule has 108 valence electrons. The molecule has 4 rings (SSSR count). The van der Waals surface area contributed by atoms with Crippen LogP contribution in [-0.2, 0) is 0 Å². The number of fused-ring (bicyclic) bond motifs is 2. The van der Waals surface area contributed by atoms with Gasteiger partial charge < -0.3 is 4.98 Å². The molecule has 0 aliphatic carbocycles. The first-order chi connectivity index (χ1) is 10.6. The largest absolute Gasteiger partial charge is 0.345 e. The molecule has 0 unspecified atom stereocenters. The van der Waals surface area contributed by atoms with Crippen molar-refractivity contribution in [1.82, 2.24) is 9.36 Å². The molecule has 0 saturated carbocycles. The molecule has 4 heteroatoms. The molecule has 1 N–H and O–H groups in total. The number of pyridine rings is 1. The lowest BCUT2D eigenvalue weighted by Gasteiger charge is -2.02. The molecule has 0 atom stereocenters. The summed E-state index contributed by atoms with van der Waals surface area (Å²) in [5.41, 5.74) is 4.94. The molecule has 0 amide bonds. The van der Waals surface area contributed by atoms with Gasteiger partial charge in [0.05, 0.1) is 16.6 Å². The van der Waals surface area contributed by atoms with E-state index in [9.17, 15) is 4.79 Å². The molecule has 0 aliphatic heterocycles. The van der Waals surface area contributed by atoms with E-state index in [1.807, 2.05) is 56.3 Å². The molecule has 0 fully saturated rings. The number of benzene rings is 2. The third-order valence-corrected chi connectivity index (χ3v) is 4.67. The van der Waals surface area contributed by atoms with Crippen molar-refractivity contribution < 1.29 is 0 Å². The van der Waals surface area contributed by atoms with E-state index in [-0.39, 0.29) is 5.43 Å². The zero-order valence-corrected chi connectivity index (χ0v) is 13.1. The smallest absolute Gasteiger partial charge is 0.200 e. The van der Waals surface area contributed by atoms with Gasteiger partial charge in [0.1, 0.15) is 4.83 Å². The van der Waals surface area contributed by atoms with Crippen molar-refractivity contribution in [1.29, 1.82) is 0 Å². The topological polar surface area (TPSA) is 45.8 Å². The van der Waals surface area contributed by atoms with Crippen LogP contribution < -0.4 is 5.43 Å². The van der Waals surface area contributed by atoms with E-state index in [4.69, 9.17) is 0 Å². The van der Waals surface area contributed by atoms with Gasteiger partial charge in [0.25, 0.3) is 0 Å². The molecule has 2 aromatic heterocycles. The van der Waals surface area contributed by atoms with Crippen molar-refractivity contribution in [2.45, 2.75) is 13.8 Å². The van der Waals surface area contributed by atoms with Crippen LogP contribution in [0.4, 0.5) is 0 Å². The highest BCUT2D eigenvalue weighted by Crippen LogP contribution is 2.29. The van der Waals surface area contributed by atoms with Crippen molar-refractivity contribution in [3.05, 3.63) is 63.8 Å². The maximum Gasteiger partial charge on any atom is 0.200 e. The van der Waals surface area contributed by atoms with Gasteiger partial charge in [0.2, 0.25) is 0 Å². The predicted molar refractivity (Wildman–Crippen MR) is 92.7 cm³/mol. The minimum atomic E-state index is 0.0526. The first-order valence-electron chi connectivity index (χ1n) is 7.12. The zero-order valence-electron chi connectivity index (χ0n) is 12.3. The lowest BCUT2D eigenvalue weighted by molar-refractivity contribution is 1.44. The molecule has 0 saturated heterocycles. The Kier molecular flexibility index (Phi) is 2.87. The molecule has 22 heavy (non-hydrogen) atoms. The number of aromatic amines is 1. The Labute approximate surface area is 131 Å². The minimum absolute atomic E-state index is 0.0526. The Morgan fingerprint density at radius 3 is 2.50 bits per heavy atom. The second-order valence-corrected chi connectivity index (χ2v) is 6.38. The molecule has 3 nitrogen and oxygen atoms in total. The number of rotatable bonds is 1. The van der Waals surface area contributed by atoms with Crippen molar-refractivity contribution >= 4 is 32.7 Å². The van der Waals surface area contributed by atoms with Gasteiger partial charge in [-0.15, -0.1) is 0 Å². The van der Waals surface area contributed by atoms with Crippen LogP contribution in [0.25, 0.3) is 32.4 Å². The summed E-state index contributed by atoms with van der Waals surface area (Å²) in [7, 11) is 0. The van der Waals surface area contributed by atoms with Gasteiger partial charge in [-0.25, -0.2) is 0 Å². The summed E-state index contributed by atoms with van der Waals surface area (Å²) in [5, 5.41) is 1.41. The molecule has 0 aliphatic rings. The molecule has 2 heterocycles. The maximum atomic E-state index is 12.9. The highest BCUT2D eigenvalue weighted by Gasteiger charge is 2.14. The van der Waals surface area contributed by atoms with Crippen LogP contribution in [0.3, 0.4) is 0 Å². The van der Waals surface area contributed by atoms with Crippen molar-refractivity contribution in [3.8, 4) is 11.3 Å². The molecule has 0 spiro atoms. The van der Waals surface area contributed by atoms with Crippen LogP contribution in [0.15, 0.2) is 47.3 Å². The third kappa shape index (κ3) is 1.96. The summed E-state index contributed by atoms with van der Waals surface area (Å²) in [6.45, 7) is 4.04. The van der Waals surface area contributed by atoms with Crippen molar-refractivity contribution in [2.24, 2.45) is 0 Å². The molecule has 4 aromatic rings. The number of hydrogen-bond acceptors (Lipinski definition) is 3. The Hall–Kier alpha value is -2.46. The SMILES string of the molecule is Cc1ccc(-c2nsc3[nH]c4ccc(C)cc4c(=O)c23)cc1. The zero-order chi connectivity index (χ0) is 15.3. The Morgan fingerprint density at radius 1 is 1.00 bits per heavy atom. The van der Waals surface area contributed by atoms with Crippen LogP contribution in [0.2, 0.25) is 0 Å². The minimum Gasteiger partial charge on any atom is -0.345 e. The second kappa shape index (κ2) is 4.78. The molecular weight excluding hydrogens is 292 g/mol. The fourth-order valence-corrected chi connectivity index (χ4v) is 3.52. The monoisotopic (exact) mass is 306 g/mol. The van der Waals surface area contributed by atoms with Gasteiger partial charge in [0, 0.05) is 10.9 Å². The fourth-order valence-electron chi connectivity index (χ4n) is 2.71. The van der Waals surface area contributed by atoms with E-state index in [1.54, 1.807) is 0 Å². The first kappa shape index (κ1) is 13.2. The predicted octanol–water partition coefficient (Wildman–Crippen LogP) is 4.42. The normalized spacial score (nSPS) is 11.4. The summed E-state index contributed by atoms with van der Waals surface area (Å²) < 4.78 is 4.51. The number of nitrogens with zero attached hydrogens (tertiary/aromatic N) is 1. The van der Waals surface area contributed by atoms with E-state index < -0.39 is 0 Å². The Bertz CT molecular complexity index is 1060. The highest BCUT2D eigenvalue weighted by molar-refractivity contribution is 7.13. The van der Waals surface area contributed by atoms with E-state index in [0.29, 0.717) is 5.39 Å². The van der Waals surface area contributed by atoms with Gasteiger partial charge in [-0.1, -0.05) is 41.5 Å². The summed E-state index contributed by atoms with van der Waals surface area (Å²) in [6.07, 6.45) is 0. The first-order valence-corrected chi connectivity index (χ1v) is 7.90. The lowest BCUT2D eigenvalue weighted by atomic mass is 10.1. The van der Waals surface area contributed by atoms with Gasteiger partial charge >= 0.3 is 0 Å². The maximum absolute atomic E-state index is 12.9. The van der Waals surface area contributed by atoms with Crippen LogP contribution in [0, 0.1) is 13.8 Å². The second-order valence-electron chi connectivity index (χ2n) is 5.60. The molecule has 0 radical (unpaired) electrons. The summed E-state index contributed by atoms with van der Waals surface area (Å²) in [5.74, 6) is 0. The highest BCUT2D eigenvalue weighted by atomic mass is 32.1. The van der Waals surface area contributed by atoms with E-state index in [0.717, 1.165) is 32.6 Å². The number of H-pyrrole nitrogens is 1. The number of aryl methyl sites for hydroxylation is 2. The van der Waals surface area contributed by atoms with E-state index in [2.05, 4.69) is 9.36 Å². The fraction of sp³-hybridized carbons (Fsp3) is 0.111. The van der Waals surface area contributed by atoms with Crippen LogP contribution in [0.5, 0.6) is 0 Å². The van der Waals surface area contributed by atoms with Crippen LogP contribution in [-0.4, -0.2) is 9.36 Å². The van der Waals surface area contributed by atoms with Gasteiger partial charge in [-0.3, -0.25) is 4.79 Å². The quantitative estimate of drug-likeness (QED) is 0.566. The van der Waals surface area contributed by atoms with Crippen molar-refractivity contribution in [3.63, 3.8) is 0 Å². The summed E-state index contributed by atoms with van der Waals surface area (Å²) in [6, 6.07) is 14.0. The lowest BCUT2D eigenvalue weighted by Crippen LogP contribution is -2.04. The molecule has 0 bridgehead atoms. The van der Waals surface area contributed by atoms with Crippen LogP contribution in [0.1, 0.15) is 11.1 Å². The van der Waals surface area contributed by atoms with Crippen LogP contribution >= 0.6 is 11.5 Å². The number of hydrogen-bond donors (Lipinski definition) is 1. The number of aromatic nitrogens is 2. The Morgan fingerprint density at radius 2 is 1.73 bits per heavy atom. The molecular formula is C18H14N2OS. The average Bonchev–Trinajstić information content (AvgIpc) is 2.93. The van der Waals surface area contributed by atoms with Gasteiger partial charge in [0.15, 0.2) is 5.43 Å². The standard InChI is InChI=1S/C18H14N2OS/c1-10-3-6-12(7-4-10)16-15-17(21)13-9-11(2)5-8-14(13)19-18(15)22-20-16/h3-9H,1-2H3,(H,19,21). The molecule has 2 aromatic carbocycles. The van der Waals surface area contributed by atoms with Crippen molar-refractivity contribution in [2.75, 3.05) is 0 Å². The van der Waals surface area contributed by atoms with E-state index >= 15 is 0 Å².